The molecule has 3 atom stereocenters. The Morgan fingerprint density at radius 2 is 0.864 bits per heavy atom. The highest BCUT2D eigenvalue weighted by Gasteiger charge is 2.36. The normalized spacial score (nSPS) is 18.4. The second kappa shape index (κ2) is 45.7. The number of allylic oxidation sites excluding steroid dienone is 2. The van der Waals surface area contributed by atoms with Gasteiger partial charge in [0.15, 0.2) is 34.2 Å². The minimum atomic E-state index is -4.80. The number of benzene rings is 2. The fraction of sp³-hybridized carbons (Fsp3) is 0.426. The summed E-state index contributed by atoms with van der Waals surface area (Å²) in [5.74, 6) is 5.05. The summed E-state index contributed by atoms with van der Waals surface area (Å²) in [5, 5.41) is 28.3. The molecule has 21 heterocycles. The molecule has 1 aliphatic carbocycles. The first-order valence-electron chi connectivity index (χ1n) is 48.8. The first-order valence-corrected chi connectivity index (χ1v) is 49.2. The molecule has 4 N–H and O–H groups in total. The third kappa shape index (κ3) is 24.3. The number of aliphatic imine (C=N–C) groups is 2. The lowest BCUT2D eigenvalue weighted by Crippen LogP contribution is -2.21. The maximum atomic E-state index is 13.3. The van der Waals surface area contributed by atoms with Crippen LogP contribution in [0.1, 0.15) is 201 Å². The predicted octanol–water partition coefficient (Wildman–Crippen LogP) is 15.5. The van der Waals surface area contributed by atoms with Gasteiger partial charge in [-0.3, -0.25) is 29.1 Å². The Labute approximate surface area is 838 Å². The SMILES string of the molecule is C=C1CC(Cc2cc(C(F)(F)F)ccn2)=Nc2c1cnn2C1CCOCC1.C=C1CC(Cc2ncccn2)=Nc2c1cnn2C1CCOCC1.COc1cccnc1Cc1nc2c(cnn2C2CCOCC2)c(=O)[nH]1.O=c1[nH]c(CC2CCCC2)nc2c1cnn2C1CCOC1.O=c1[nH]c(Cc2ccc(F)c(Cl)c2)nc2c1cnn2C1CCOC1.O=c1[nH]c(Cc2ccccc2OC(F)(F)F)nc2c1cnn2C1CCOC1. The summed E-state index contributed by atoms with van der Waals surface area (Å²) in [6, 6.07) is 18.8. The highest BCUT2D eigenvalue weighted by Crippen LogP contribution is 2.41. The third-order valence-electron chi connectivity index (χ3n) is 26.9. The molecule has 0 bridgehead atoms. The van der Waals surface area contributed by atoms with Gasteiger partial charge >= 0.3 is 12.5 Å². The molecule has 46 heteroatoms. The van der Waals surface area contributed by atoms with Gasteiger partial charge in [-0.15, -0.1) is 13.2 Å². The first-order chi connectivity index (χ1) is 71.3. The summed E-state index contributed by atoms with van der Waals surface area (Å²) in [6.45, 7) is 16.4. The van der Waals surface area contributed by atoms with E-state index in [9.17, 15) is 49.9 Å². The van der Waals surface area contributed by atoms with Crippen LogP contribution >= 0.6 is 11.6 Å². The summed E-state index contributed by atoms with van der Waals surface area (Å²) in [6.07, 6.45) is 23.8. The van der Waals surface area contributed by atoms with Crippen molar-refractivity contribution in [3.63, 3.8) is 0 Å². The van der Waals surface area contributed by atoms with E-state index in [0.29, 0.717) is 164 Å². The van der Waals surface area contributed by atoms with Crippen molar-refractivity contribution in [3.8, 4) is 11.5 Å². The molecule has 1 saturated carbocycles. The molecule has 8 aliphatic heterocycles. The Morgan fingerprint density at radius 1 is 0.435 bits per heavy atom. The van der Waals surface area contributed by atoms with Crippen LogP contribution in [0.15, 0.2) is 177 Å². The van der Waals surface area contributed by atoms with Crippen LogP contribution in [0.25, 0.3) is 55.3 Å². The van der Waals surface area contributed by atoms with Crippen LogP contribution in [-0.2, 0) is 73.1 Å². The number of methoxy groups -OCH3 is 1. The molecule has 24 rings (SSSR count). The van der Waals surface area contributed by atoms with Crippen LogP contribution in [0, 0.1) is 11.7 Å². The van der Waals surface area contributed by atoms with Crippen molar-refractivity contribution < 1.29 is 68.6 Å². The van der Waals surface area contributed by atoms with Crippen molar-refractivity contribution in [2.24, 2.45) is 15.9 Å². The molecule has 2 aromatic carbocycles. The van der Waals surface area contributed by atoms with Gasteiger partial charge < -0.3 is 57.8 Å². The van der Waals surface area contributed by atoms with E-state index in [1.165, 1.54) is 74.6 Å². The van der Waals surface area contributed by atoms with Gasteiger partial charge in [0.1, 0.15) is 68.0 Å². The molecular formula is C101H106ClF7N26O12. The second-order valence-corrected chi connectivity index (χ2v) is 37.4. The summed E-state index contributed by atoms with van der Waals surface area (Å²) < 4.78 is 143. The van der Waals surface area contributed by atoms with Crippen LogP contribution in [0.5, 0.6) is 11.5 Å². The summed E-state index contributed by atoms with van der Waals surface area (Å²) in [5.41, 5.74) is 8.45. The Hall–Kier alpha value is -14.4. The number of hydrogen-bond acceptors (Lipinski definition) is 28. The van der Waals surface area contributed by atoms with Crippen molar-refractivity contribution in [1.29, 1.82) is 0 Å². The number of nitrogens with one attached hydrogen (secondary N) is 4. The zero-order valence-electron chi connectivity index (χ0n) is 80.3. The number of aromatic amines is 4. The predicted molar refractivity (Wildman–Crippen MR) is 527 cm³/mol. The Kier molecular flexibility index (Phi) is 31.5. The van der Waals surface area contributed by atoms with Crippen molar-refractivity contribution in [1.82, 2.24) is 118 Å². The van der Waals surface area contributed by atoms with Crippen LogP contribution < -0.4 is 31.7 Å². The Balaban J connectivity index is 0.000000111. The number of halogens is 8. The summed E-state index contributed by atoms with van der Waals surface area (Å²) in [4.78, 5) is 105. The van der Waals surface area contributed by atoms with E-state index in [1.54, 1.807) is 65.8 Å². The number of pyridine rings is 2. The Morgan fingerprint density at radius 3 is 1.34 bits per heavy atom. The van der Waals surface area contributed by atoms with Crippen molar-refractivity contribution in [2.45, 2.75) is 184 Å². The van der Waals surface area contributed by atoms with Crippen LogP contribution in [-0.4, -0.2) is 223 Å². The zero-order valence-corrected chi connectivity index (χ0v) is 81.0. The first kappa shape index (κ1) is 101. The fourth-order valence-electron chi connectivity index (χ4n) is 19.4. The number of alkyl halides is 6. The largest absolute Gasteiger partial charge is 0.573 e. The number of ether oxygens (including phenoxy) is 8. The van der Waals surface area contributed by atoms with E-state index in [-0.39, 0.29) is 81.9 Å². The molecule has 0 spiro atoms. The molecule has 13 aromatic heterocycles. The molecule has 768 valence electrons. The lowest BCUT2D eigenvalue weighted by atomic mass is 9.97. The quantitative estimate of drug-likeness (QED) is 0.0515. The number of aromatic nitrogens is 24. The molecule has 9 aliphatic rings. The molecular weight excluding hydrogens is 1940 g/mol. The smallest absolute Gasteiger partial charge is 0.495 e. The monoisotopic (exact) mass is 2040 g/mol. The second-order valence-electron chi connectivity index (χ2n) is 37.0. The molecule has 3 unspecified atom stereocenters. The average molecular weight is 2040 g/mol. The molecule has 0 amide bonds. The van der Waals surface area contributed by atoms with Gasteiger partial charge in [-0.25, -0.2) is 72.4 Å². The minimum Gasteiger partial charge on any atom is -0.495 e. The summed E-state index contributed by atoms with van der Waals surface area (Å²) in [7, 11) is 1.60. The van der Waals surface area contributed by atoms with Gasteiger partial charge in [0, 0.05) is 163 Å². The summed E-state index contributed by atoms with van der Waals surface area (Å²) >= 11 is 5.80. The number of fused-ring (bicyclic) bond motifs is 6. The minimum absolute atomic E-state index is 0.0227. The Bertz CT molecular complexity index is 7530. The maximum Gasteiger partial charge on any atom is 0.573 e. The van der Waals surface area contributed by atoms with Gasteiger partial charge in [0.05, 0.1) is 123 Å². The number of nitrogens with zero attached hydrogens (tertiary/aromatic N) is 22. The third-order valence-corrected chi connectivity index (χ3v) is 27.1. The molecule has 38 nitrogen and oxygen atoms in total. The van der Waals surface area contributed by atoms with E-state index >= 15 is 0 Å². The number of H-pyrrole nitrogens is 4. The van der Waals surface area contributed by atoms with Crippen molar-refractivity contribution in [3.05, 3.63) is 269 Å². The van der Waals surface area contributed by atoms with Gasteiger partial charge in [-0.2, -0.15) is 43.8 Å². The average Bonchev–Trinajstić information content (AvgIpc) is 1.63. The van der Waals surface area contributed by atoms with E-state index in [2.05, 4.69) is 103 Å². The number of rotatable bonds is 20. The lowest BCUT2D eigenvalue weighted by molar-refractivity contribution is -0.274. The molecule has 0 radical (unpaired) electrons. The van der Waals surface area contributed by atoms with Crippen LogP contribution in [0.3, 0.4) is 0 Å². The number of para-hydroxylation sites is 1. The van der Waals surface area contributed by atoms with Gasteiger partial charge in [0.25, 0.3) is 22.2 Å². The highest BCUT2D eigenvalue weighted by molar-refractivity contribution is 6.30. The molecule has 15 aromatic rings. The maximum absolute atomic E-state index is 13.3. The molecule has 6 saturated heterocycles. The van der Waals surface area contributed by atoms with E-state index < -0.39 is 29.5 Å². The van der Waals surface area contributed by atoms with Gasteiger partial charge in [-0.05, 0) is 129 Å². The van der Waals surface area contributed by atoms with Crippen molar-refractivity contribution >= 4 is 89.9 Å². The van der Waals surface area contributed by atoms with E-state index in [0.717, 1.165) is 171 Å². The van der Waals surface area contributed by atoms with Gasteiger partial charge in [0.2, 0.25) is 0 Å². The van der Waals surface area contributed by atoms with Crippen molar-refractivity contribution in [2.75, 3.05) is 86.4 Å². The van der Waals surface area contributed by atoms with E-state index in [1.807, 2.05) is 43.1 Å². The zero-order chi connectivity index (χ0) is 102. The topological polar surface area (TPSA) is 440 Å². The fourth-order valence-corrected chi connectivity index (χ4v) is 19.6. The lowest BCUT2D eigenvalue weighted by Gasteiger charge is -2.24. The van der Waals surface area contributed by atoms with E-state index in [4.69, 9.17) is 59.7 Å². The van der Waals surface area contributed by atoms with Crippen LogP contribution in [0.4, 0.5) is 42.4 Å². The highest BCUT2D eigenvalue weighted by atomic mass is 35.5. The van der Waals surface area contributed by atoms with Crippen LogP contribution in [0.2, 0.25) is 5.02 Å². The number of hydrogen-bond donors (Lipinski definition) is 4. The molecule has 147 heavy (non-hydrogen) atoms. The standard InChI is InChI=1S/C19H19F3N4O.C17H15F3N4O3.C17H19N5O3.C17H19N5O.C16H14ClFN4O2.C15H20N4O2/c1-12-8-15(10-14-9-13(2-5-23-14)19(20,21)22)25-18-17(12)11-24-26(18)16-3-6-27-7-4-16;18-17(19,20)27-13-4-2-1-3-10(13)7-14-22-15-12(16(25)23-14)8-21-24(15)11-5-6-26-9-11;1-24-14-3-2-6-18-13(14)9-15-20-16-12(17(23)21-15)10-19-22(16)11-4-7-25-8-5-11;1-12-9-13(10-16-18-5-2-6-19-16)21-17-15(12)11-20-22(17)14-3-7-23-8-4-14;17-12-5-9(1-2-13(12)18)6-14-20-15-11(16(23)21-14)7-19-22(15)10-3-4-24-8-10;20-15-12-8-16-19(11-5-6-21-9-11)14(12)17-13(18-15)7-10-3-1-2-4-10/h2,5,9,11,16H,1,3-4,6-8,10H2;1-4,8,11H,5-7,9H2,(H,22,23,25);2-3,6,10-11H,4-5,7-9H2,1H3,(H,20,21,23);2,5-6,11,14H,1,3-4,7-10H2;1-2,5,7,10H,3-4,6,8H2,(H,20,21,23);8,10-11H,1-7,9H2,(H,17,18,20). The molecule has 7 fully saturated rings. The van der Waals surface area contributed by atoms with Gasteiger partial charge in [-0.1, -0.05) is 74.7 Å².